The smallest absolute Gasteiger partial charge is 0.166 e. The van der Waals surface area contributed by atoms with E-state index in [1.165, 1.54) is 0 Å². The summed E-state index contributed by atoms with van der Waals surface area (Å²) in [4.78, 5) is 0. The summed E-state index contributed by atoms with van der Waals surface area (Å²) >= 11 is 0. The Bertz CT molecular complexity index is 194. The number of aliphatic hydroxyl groups is 1. The van der Waals surface area contributed by atoms with Gasteiger partial charge in [0.2, 0.25) is 0 Å². The number of hydrogen-bond donors (Lipinski definition) is 1. The molecule has 2 atom stereocenters. The second-order valence-corrected chi connectivity index (χ2v) is 3.29. The van der Waals surface area contributed by atoms with E-state index in [1.54, 1.807) is 31.2 Å². The third-order valence-electron chi connectivity index (χ3n) is 1.55. The lowest BCUT2D eigenvalue weighted by molar-refractivity contribution is 0.118. The molecule has 1 N–H and O–H groups in total. The first-order valence-electron chi connectivity index (χ1n) is 3.08. The lowest BCUT2D eigenvalue weighted by atomic mass is 9.97. The van der Waals surface area contributed by atoms with Gasteiger partial charge in [-0.15, -0.1) is 0 Å². The Morgan fingerprint density at radius 2 is 2.30 bits per heavy atom. The Hall–Kier alpha value is -0.460. The zero-order valence-corrected chi connectivity index (χ0v) is 6.58. The minimum atomic E-state index is -0.946. The molecule has 0 saturated heterocycles. The van der Waals surface area contributed by atoms with Gasteiger partial charge in [-0.05, 0) is 6.92 Å². The Balaban J connectivity index is 2.84. The highest BCUT2D eigenvalue weighted by Crippen LogP contribution is 2.26. The molecule has 0 bridgehead atoms. The highest BCUT2D eigenvalue weighted by atomic mass is 31.1. The predicted molar refractivity (Wildman–Crippen MR) is 40.3 cm³/mol. The van der Waals surface area contributed by atoms with Gasteiger partial charge in [-0.25, -0.2) is 0 Å². The Morgan fingerprint density at radius 3 is 2.70 bits per heavy atom. The summed E-state index contributed by atoms with van der Waals surface area (Å²) in [7, 11) is -0.0325. The van der Waals surface area contributed by atoms with Crippen molar-refractivity contribution in [2.24, 2.45) is 0 Å². The van der Waals surface area contributed by atoms with Crippen LogP contribution in [0.3, 0.4) is 0 Å². The maximum Gasteiger partial charge on any atom is 0.166 e. The summed E-state index contributed by atoms with van der Waals surface area (Å²) in [5, 5.41) is 9.49. The molecule has 3 heteroatoms. The number of rotatable bonds is 1. The van der Waals surface area contributed by atoms with Gasteiger partial charge in [-0.1, -0.05) is 24.3 Å². The normalized spacial score (nSPS) is 38.8. The third kappa shape index (κ3) is 1.34. The van der Waals surface area contributed by atoms with Crippen molar-refractivity contribution in [3.8, 4) is 0 Å². The van der Waals surface area contributed by atoms with Gasteiger partial charge in [0.05, 0.1) is 11.3 Å². The van der Waals surface area contributed by atoms with Gasteiger partial charge in [-0.2, -0.15) is 0 Å². The first-order chi connectivity index (χ1) is 4.67. The van der Waals surface area contributed by atoms with Gasteiger partial charge in [0, 0.05) is 0 Å². The minimum Gasteiger partial charge on any atom is -0.385 e. The molecule has 54 valence electrons. The molecule has 0 heterocycles. The fourth-order valence-electron chi connectivity index (χ4n) is 0.855. The lowest BCUT2D eigenvalue weighted by Gasteiger charge is -2.24. The average Bonchev–Trinajstić information content (AvgIpc) is 1.87. The maximum atomic E-state index is 10.4. The highest BCUT2D eigenvalue weighted by Gasteiger charge is 2.28. The van der Waals surface area contributed by atoms with E-state index in [2.05, 4.69) is 0 Å². The van der Waals surface area contributed by atoms with E-state index in [4.69, 9.17) is 0 Å². The van der Waals surface area contributed by atoms with E-state index in [0.717, 1.165) is 0 Å². The summed E-state index contributed by atoms with van der Waals surface area (Å²) in [6.07, 6.45) is 6.91. The molecule has 2 nitrogen and oxygen atoms in total. The van der Waals surface area contributed by atoms with Crippen LogP contribution in [0.1, 0.15) is 6.92 Å². The molecule has 0 saturated carbocycles. The first-order valence-corrected chi connectivity index (χ1v) is 3.96. The van der Waals surface area contributed by atoms with E-state index in [0.29, 0.717) is 0 Å². The van der Waals surface area contributed by atoms with Crippen LogP contribution in [0.2, 0.25) is 0 Å². The molecule has 0 radical (unpaired) electrons. The summed E-state index contributed by atoms with van der Waals surface area (Å²) in [6, 6.07) is 0. The van der Waals surface area contributed by atoms with Crippen LogP contribution >= 0.6 is 8.46 Å². The van der Waals surface area contributed by atoms with Crippen LogP contribution in [-0.4, -0.2) is 16.4 Å². The van der Waals surface area contributed by atoms with E-state index in [9.17, 15) is 9.67 Å². The van der Waals surface area contributed by atoms with E-state index < -0.39 is 5.60 Å². The lowest BCUT2D eigenvalue weighted by Crippen LogP contribution is -2.32. The molecule has 10 heavy (non-hydrogen) atoms. The van der Waals surface area contributed by atoms with Gasteiger partial charge in [0.25, 0.3) is 0 Å². The quantitative estimate of drug-likeness (QED) is 0.584. The summed E-state index contributed by atoms with van der Waals surface area (Å²) in [5.74, 6) is 0. The average molecular weight is 156 g/mol. The maximum absolute atomic E-state index is 10.4. The van der Waals surface area contributed by atoms with E-state index in [-0.39, 0.29) is 14.1 Å². The van der Waals surface area contributed by atoms with Crippen LogP contribution in [-0.2, 0) is 4.57 Å². The summed E-state index contributed by atoms with van der Waals surface area (Å²) in [6.45, 7) is 1.64. The predicted octanol–water partition coefficient (Wildman–Crippen LogP) is 1.52. The zero-order valence-electron chi connectivity index (χ0n) is 5.69. The standard InChI is InChI=1S/C7H9O2P/c1-7(8)5-3-2-4-6(7)10-9/h2-6,8H,1H3. The Labute approximate surface area is 61.5 Å². The van der Waals surface area contributed by atoms with Crippen molar-refractivity contribution in [2.45, 2.75) is 18.2 Å². The summed E-state index contributed by atoms with van der Waals surface area (Å²) < 4.78 is 10.4. The number of allylic oxidation sites excluding steroid dienone is 2. The van der Waals surface area contributed by atoms with Crippen LogP contribution in [0, 0.1) is 0 Å². The van der Waals surface area contributed by atoms with Crippen molar-refractivity contribution in [3.63, 3.8) is 0 Å². The molecule has 0 fully saturated rings. The molecule has 0 aromatic heterocycles. The van der Waals surface area contributed by atoms with Crippen molar-refractivity contribution >= 4 is 8.46 Å². The molecular formula is C7H9O2P. The van der Waals surface area contributed by atoms with Crippen molar-refractivity contribution in [3.05, 3.63) is 24.3 Å². The molecule has 0 spiro atoms. The van der Waals surface area contributed by atoms with Crippen LogP contribution in [0.4, 0.5) is 0 Å². The molecule has 0 aliphatic heterocycles. The molecule has 1 aliphatic rings. The highest BCUT2D eigenvalue weighted by molar-refractivity contribution is 7.25. The van der Waals surface area contributed by atoms with Gasteiger partial charge in [0.1, 0.15) is 0 Å². The molecule has 0 amide bonds. The van der Waals surface area contributed by atoms with E-state index in [1.807, 2.05) is 0 Å². The molecule has 2 unspecified atom stereocenters. The molecule has 0 aromatic rings. The SMILES string of the molecule is CC1(O)C=CC=CC1P=O. The molecule has 0 aromatic carbocycles. The largest absolute Gasteiger partial charge is 0.385 e. The topological polar surface area (TPSA) is 37.3 Å². The Morgan fingerprint density at radius 1 is 1.60 bits per heavy atom. The van der Waals surface area contributed by atoms with Gasteiger partial charge in [-0.3, -0.25) is 4.57 Å². The van der Waals surface area contributed by atoms with Crippen molar-refractivity contribution in [2.75, 3.05) is 0 Å². The first kappa shape index (κ1) is 7.64. The van der Waals surface area contributed by atoms with Crippen LogP contribution in [0.15, 0.2) is 24.3 Å². The van der Waals surface area contributed by atoms with Crippen molar-refractivity contribution in [1.82, 2.24) is 0 Å². The second kappa shape index (κ2) is 2.65. The Kier molecular flexibility index (Phi) is 2.02. The van der Waals surface area contributed by atoms with Gasteiger partial charge in [0.15, 0.2) is 8.46 Å². The summed E-state index contributed by atoms with van der Waals surface area (Å²) in [5.41, 5.74) is -1.24. The van der Waals surface area contributed by atoms with Crippen molar-refractivity contribution < 1.29 is 9.67 Å². The zero-order chi connectivity index (χ0) is 7.61. The van der Waals surface area contributed by atoms with Crippen LogP contribution in [0.5, 0.6) is 0 Å². The second-order valence-electron chi connectivity index (χ2n) is 2.52. The third-order valence-corrected chi connectivity index (χ3v) is 2.47. The molecule has 1 rings (SSSR count). The fourth-order valence-corrected chi connectivity index (χ4v) is 1.32. The molecule has 1 aliphatic carbocycles. The van der Waals surface area contributed by atoms with Gasteiger partial charge >= 0.3 is 0 Å². The van der Waals surface area contributed by atoms with E-state index >= 15 is 0 Å². The van der Waals surface area contributed by atoms with Crippen LogP contribution < -0.4 is 0 Å². The van der Waals surface area contributed by atoms with Gasteiger partial charge < -0.3 is 5.11 Å². The number of hydrogen-bond acceptors (Lipinski definition) is 2. The minimum absolute atomic E-state index is 0.0325. The monoisotopic (exact) mass is 156 g/mol. The molecular weight excluding hydrogens is 147 g/mol. The fraction of sp³-hybridized carbons (Fsp3) is 0.429. The van der Waals surface area contributed by atoms with Crippen LogP contribution in [0.25, 0.3) is 0 Å². The van der Waals surface area contributed by atoms with Crippen molar-refractivity contribution in [1.29, 1.82) is 0 Å².